The number of rotatable bonds is 17. The molecular formula is C18H40N2O7. The summed E-state index contributed by atoms with van der Waals surface area (Å²) in [6, 6.07) is 0. The van der Waals surface area contributed by atoms with Crippen molar-refractivity contribution in [3.63, 3.8) is 0 Å². The van der Waals surface area contributed by atoms with E-state index in [2.05, 4.69) is 10.6 Å². The fourth-order valence-electron chi connectivity index (χ4n) is 1.51. The number of hydrogen-bond acceptors (Lipinski definition) is 7. The molecule has 9 heteroatoms. The molecule has 0 aliphatic rings. The summed E-state index contributed by atoms with van der Waals surface area (Å²) in [6.45, 7) is 10.3. The normalized spacial score (nSPS) is 9.93. The average molecular weight is 397 g/mol. The first-order chi connectivity index (χ1) is 13.1. The lowest BCUT2D eigenvalue weighted by molar-refractivity contribution is -0.127. The maximum Gasteiger partial charge on any atom is 0.246 e. The van der Waals surface area contributed by atoms with E-state index in [1.54, 1.807) is 6.92 Å². The summed E-state index contributed by atoms with van der Waals surface area (Å²) in [6.07, 6.45) is 0.470. The minimum atomic E-state index is -0.230. The molecule has 0 bridgehead atoms. The Morgan fingerprint density at radius 3 is 1.74 bits per heavy atom. The molecule has 0 aromatic heterocycles. The summed E-state index contributed by atoms with van der Waals surface area (Å²) >= 11 is 0. The molecule has 0 fully saturated rings. The van der Waals surface area contributed by atoms with E-state index >= 15 is 0 Å². The second-order valence-corrected chi connectivity index (χ2v) is 5.06. The zero-order chi connectivity index (χ0) is 20.8. The number of carbonyl (C=O) groups is 3. The predicted octanol–water partition coefficient (Wildman–Crippen LogP) is 0.802. The highest BCUT2D eigenvalue weighted by Gasteiger charge is 2.01. The van der Waals surface area contributed by atoms with Crippen LogP contribution in [0.5, 0.6) is 0 Å². The number of ether oxygens (including phenoxy) is 4. The lowest BCUT2D eigenvalue weighted by atomic mass is 10.3. The zero-order valence-corrected chi connectivity index (χ0v) is 17.1. The fourth-order valence-corrected chi connectivity index (χ4v) is 1.51. The van der Waals surface area contributed by atoms with E-state index < -0.39 is 0 Å². The molecule has 0 aliphatic carbocycles. The molecule has 0 saturated carbocycles. The van der Waals surface area contributed by atoms with Gasteiger partial charge >= 0.3 is 0 Å². The van der Waals surface area contributed by atoms with E-state index in [9.17, 15) is 14.4 Å². The summed E-state index contributed by atoms with van der Waals surface area (Å²) < 4.78 is 20.7. The van der Waals surface area contributed by atoms with Crippen molar-refractivity contribution in [3.05, 3.63) is 0 Å². The maximum atomic E-state index is 11.5. The van der Waals surface area contributed by atoms with Crippen LogP contribution in [0.4, 0.5) is 0 Å². The van der Waals surface area contributed by atoms with Crippen molar-refractivity contribution in [2.24, 2.45) is 0 Å². The van der Waals surface area contributed by atoms with E-state index in [1.807, 2.05) is 13.8 Å². The molecule has 0 heterocycles. The van der Waals surface area contributed by atoms with Gasteiger partial charge in [0, 0.05) is 29.3 Å². The Hall–Kier alpha value is -1.55. The molecule has 0 atom stereocenters. The van der Waals surface area contributed by atoms with Crippen LogP contribution < -0.4 is 10.6 Å². The Labute approximate surface area is 165 Å². The topological polar surface area (TPSA) is 112 Å². The third kappa shape index (κ3) is 24.4. The van der Waals surface area contributed by atoms with Crippen LogP contribution in [-0.4, -0.2) is 83.5 Å². The van der Waals surface area contributed by atoms with Crippen LogP contribution in [0.15, 0.2) is 0 Å². The van der Waals surface area contributed by atoms with Gasteiger partial charge in [-0.3, -0.25) is 14.4 Å². The second kappa shape index (κ2) is 22.5. The summed E-state index contributed by atoms with van der Waals surface area (Å²) in [7, 11) is 0. The van der Waals surface area contributed by atoms with Crippen LogP contribution in [0.3, 0.4) is 0 Å². The van der Waals surface area contributed by atoms with Crippen molar-refractivity contribution in [1.82, 2.24) is 10.6 Å². The van der Waals surface area contributed by atoms with Crippen molar-refractivity contribution in [2.75, 3.05) is 65.9 Å². The van der Waals surface area contributed by atoms with Gasteiger partial charge in [-0.05, 0) is 0 Å². The maximum absolute atomic E-state index is 11.5. The van der Waals surface area contributed by atoms with Gasteiger partial charge in [0.15, 0.2) is 5.78 Å². The minimum absolute atomic E-state index is 0. The van der Waals surface area contributed by atoms with Crippen molar-refractivity contribution in [2.45, 2.75) is 34.1 Å². The van der Waals surface area contributed by atoms with Crippen molar-refractivity contribution >= 4 is 17.6 Å². The lowest BCUT2D eigenvalue weighted by Crippen LogP contribution is -2.31. The predicted molar refractivity (Wildman–Crippen MR) is 106 cm³/mol. The van der Waals surface area contributed by atoms with Gasteiger partial charge in [-0.2, -0.15) is 0 Å². The van der Waals surface area contributed by atoms with Crippen LogP contribution in [0.25, 0.3) is 0 Å². The Kier molecular flexibility index (Phi) is 23.0. The van der Waals surface area contributed by atoms with Crippen LogP contribution >= 0.6 is 0 Å². The van der Waals surface area contributed by atoms with Gasteiger partial charge in [-0.25, -0.2) is 0 Å². The Bertz CT molecular complexity index is 389. The highest BCUT2D eigenvalue weighted by atomic mass is 16.5. The number of hydrogen-bond donors (Lipinski definition) is 2. The van der Waals surface area contributed by atoms with E-state index in [0.29, 0.717) is 59.2 Å². The van der Waals surface area contributed by atoms with E-state index in [0.717, 1.165) is 0 Å². The first kappa shape index (κ1) is 27.7. The Morgan fingerprint density at radius 1 is 0.741 bits per heavy atom. The van der Waals surface area contributed by atoms with Gasteiger partial charge in [0.05, 0.1) is 39.6 Å². The third-order valence-electron chi connectivity index (χ3n) is 2.82. The summed E-state index contributed by atoms with van der Waals surface area (Å²) in [4.78, 5) is 33.0. The smallest absolute Gasteiger partial charge is 0.246 e. The van der Waals surface area contributed by atoms with Crippen LogP contribution in [0, 0.1) is 0 Å². The van der Waals surface area contributed by atoms with E-state index in [4.69, 9.17) is 18.9 Å². The largest absolute Gasteiger partial charge is 0.377 e. The summed E-state index contributed by atoms with van der Waals surface area (Å²) in [5.74, 6) is -0.267. The molecule has 2 amide bonds. The molecule has 0 aromatic carbocycles. The number of ketones is 1. The second-order valence-electron chi connectivity index (χ2n) is 5.06. The molecule has 164 valence electrons. The van der Waals surface area contributed by atoms with Gasteiger partial charge in [-0.15, -0.1) is 0 Å². The highest BCUT2D eigenvalue weighted by Crippen LogP contribution is 1.84. The van der Waals surface area contributed by atoms with Gasteiger partial charge in [0.25, 0.3) is 0 Å². The van der Waals surface area contributed by atoms with Crippen LogP contribution in [0.1, 0.15) is 37.0 Å². The lowest BCUT2D eigenvalue weighted by Gasteiger charge is -2.08. The first-order valence-electron chi connectivity index (χ1n) is 9.40. The molecule has 0 radical (unpaired) electrons. The molecule has 0 aliphatic heterocycles. The molecule has 27 heavy (non-hydrogen) atoms. The number of nitrogens with one attached hydrogen (secondary N) is 2. The van der Waals surface area contributed by atoms with Crippen molar-refractivity contribution in [1.29, 1.82) is 0 Å². The minimum Gasteiger partial charge on any atom is -0.377 e. The van der Waals surface area contributed by atoms with Gasteiger partial charge in [0.2, 0.25) is 11.8 Å². The number of amides is 2. The van der Waals surface area contributed by atoms with Crippen molar-refractivity contribution < 1.29 is 36.2 Å². The average Bonchev–Trinajstić information content (AvgIpc) is 2.67. The van der Waals surface area contributed by atoms with Gasteiger partial charge in [-0.1, -0.05) is 20.8 Å². The molecule has 0 saturated heterocycles. The zero-order valence-electron chi connectivity index (χ0n) is 17.1. The Morgan fingerprint density at radius 2 is 1.22 bits per heavy atom. The molecular weight excluding hydrogens is 356 g/mol. The molecule has 0 unspecified atom stereocenters. The molecule has 0 rings (SSSR count). The van der Waals surface area contributed by atoms with Crippen molar-refractivity contribution in [3.8, 4) is 0 Å². The fraction of sp³-hybridized carbons (Fsp3) is 0.833. The molecule has 0 spiro atoms. The summed E-state index contributed by atoms with van der Waals surface area (Å²) in [5.41, 5.74) is 0. The highest BCUT2D eigenvalue weighted by molar-refractivity contribution is 5.79. The van der Waals surface area contributed by atoms with E-state index in [-0.39, 0.29) is 33.7 Å². The number of Topliss-reactive ketones (excluding diaryl/α,β-unsaturated/α-hetero) is 1. The standard InChI is InChI=1S/C16H30N2O7.C2H6.2H2/c1-3-15(20)12-24-10-8-23-7-5-18-16(21)13-25-11-9-22-6-4-17-14(2)19;1-2;;/h3-13H2,1-2H3,(H,17,19)(H,18,21);1-2H3;2*1H. The van der Waals surface area contributed by atoms with Crippen LogP contribution in [0.2, 0.25) is 0 Å². The van der Waals surface area contributed by atoms with Gasteiger partial charge < -0.3 is 29.6 Å². The number of carbonyl (C=O) groups excluding carboxylic acids is 3. The first-order valence-corrected chi connectivity index (χ1v) is 9.40. The molecule has 0 aromatic rings. The summed E-state index contributed by atoms with van der Waals surface area (Å²) in [5, 5.41) is 5.26. The van der Waals surface area contributed by atoms with E-state index in [1.165, 1.54) is 6.92 Å². The van der Waals surface area contributed by atoms with Crippen LogP contribution in [-0.2, 0) is 33.3 Å². The Balaban J connectivity index is -0.000000755. The SMILES string of the molecule is CC.CCC(=O)COCCOCCNC(=O)COCCOCCNC(C)=O.[HH].[HH]. The molecule has 2 N–H and O–H groups in total. The van der Waals surface area contributed by atoms with Gasteiger partial charge in [0.1, 0.15) is 13.2 Å². The monoisotopic (exact) mass is 396 g/mol. The third-order valence-corrected chi connectivity index (χ3v) is 2.82. The quantitative estimate of drug-likeness (QED) is 0.350. The molecule has 9 nitrogen and oxygen atoms in total.